The maximum atomic E-state index is 11.6. The van der Waals surface area contributed by atoms with Crippen LogP contribution in [0.2, 0.25) is 5.15 Å². The van der Waals surface area contributed by atoms with Crippen LogP contribution in [0.3, 0.4) is 0 Å². The molecule has 0 saturated heterocycles. The molecule has 2 rings (SSSR count). The van der Waals surface area contributed by atoms with E-state index < -0.39 is 5.38 Å². The molecule has 0 aliphatic carbocycles. The number of alkyl halides is 1. The zero-order valence-corrected chi connectivity index (χ0v) is 9.79. The molecule has 0 spiro atoms. The SMILES string of the molecule is C[C@@H](Cl)C(=O)N1CCn2c(Cl)cnc2C1. The van der Waals surface area contributed by atoms with Crippen LogP contribution in [-0.2, 0) is 17.9 Å². The van der Waals surface area contributed by atoms with Gasteiger partial charge >= 0.3 is 0 Å². The van der Waals surface area contributed by atoms with Crippen molar-refractivity contribution in [3.63, 3.8) is 0 Å². The summed E-state index contributed by atoms with van der Waals surface area (Å²) in [6.07, 6.45) is 1.61. The number of rotatable bonds is 1. The molecule has 1 aromatic heterocycles. The van der Waals surface area contributed by atoms with Crippen molar-refractivity contribution in [3.8, 4) is 0 Å². The van der Waals surface area contributed by atoms with E-state index in [1.54, 1.807) is 18.0 Å². The first-order valence-corrected chi connectivity index (χ1v) is 5.54. The third kappa shape index (κ3) is 1.96. The molecule has 0 saturated carbocycles. The van der Waals surface area contributed by atoms with Gasteiger partial charge in [-0.15, -0.1) is 11.6 Å². The maximum Gasteiger partial charge on any atom is 0.240 e. The lowest BCUT2D eigenvalue weighted by Crippen LogP contribution is -2.41. The Kier molecular flexibility index (Phi) is 2.89. The van der Waals surface area contributed by atoms with Gasteiger partial charge in [0.15, 0.2) is 0 Å². The lowest BCUT2D eigenvalue weighted by molar-refractivity contribution is -0.132. The Morgan fingerprint density at radius 1 is 1.60 bits per heavy atom. The van der Waals surface area contributed by atoms with Crippen LogP contribution in [0.1, 0.15) is 12.7 Å². The van der Waals surface area contributed by atoms with Gasteiger partial charge in [0.05, 0.1) is 12.7 Å². The number of nitrogens with zero attached hydrogens (tertiary/aromatic N) is 3. The van der Waals surface area contributed by atoms with Crippen LogP contribution in [-0.4, -0.2) is 32.3 Å². The first kappa shape index (κ1) is 10.8. The molecule has 0 unspecified atom stereocenters. The Hall–Kier alpha value is -0.740. The van der Waals surface area contributed by atoms with Gasteiger partial charge < -0.3 is 9.47 Å². The average molecular weight is 248 g/mol. The number of carbonyl (C=O) groups excluding carboxylic acids is 1. The van der Waals surface area contributed by atoms with Gasteiger partial charge in [0, 0.05) is 13.1 Å². The fourth-order valence-electron chi connectivity index (χ4n) is 1.66. The van der Waals surface area contributed by atoms with Crippen LogP contribution >= 0.6 is 23.2 Å². The van der Waals surface area contributed by atoms with Crippen molar-refractivity contribution in [2.75, 3.05) is 6.54 Å². The molecular formula is C9H11Cl2N3O. The minimum absolute atomic E-state index is 0.0537. The molecule has 2 heterocycles. The number of halogens is 2. The first-order chi connectivity index (χ1) is 7.09. The largest absolute Gasteiger partial charge is 0.332 e. The maximum absolute atomic E-state index is 11.6. The molecule has 82 valence electrons. The van der Waals surface area contributed by atoms with Crippen LogP contribution in [0.4, 0.5) is 0 Å². The van der Waals surface area contributed by atoms with Gasteiger partial charge in [-0.3, -0.25) is 4.79 Å². The Labute approximate surface area is 97.8 Å². The predicted octanol–water partition coefficient (Wildman–Crippen LogP) is 1.51. The Morgan fingerprint density at radius 3 is 3.00 bits per heavy atom. The first-order valence-electron chi connectivity index (χ1n) is 4.72. The summed E-state index contributed by atoms with van der Waals surface area (Å²) >= 11 is 11.7. The van der Waals surface area contributed by atoms with E-state index >= 15 is 0 Å². The van der Waals surface area contributed by atoms with E-state index in [4.69, 9.17) is 23.2 Å². The van der Waals surface area contributed by atoms with E-state index in [9.17, 15) is 4.79 Å². The van der Waals surface area contributed by atoms with Gasteiger partial charge in [-0.25, -0.2) is 4.98 Å². The molecule has 0 aromatic carbocycles. The monoisotopic (exact) mass is 247 g/mol. The number of amides is 1. The standard InChI is InChI=1S/C9H11Cl2N3O/c1-6(10)9(15)13-2-3-14-7(11)4-12-8(14)5-13/h4,6H,2-3,5H2,1H3/t6-/m1/s1. The van der Waals surface area contributed by atoms with Crippen molar-refractivity contribution in [2.45, 2.75) is 25.4 Å². The summed E-state index contributed by atoms with van der Waals surface area (Å²) in [4.78, 5) is 17.5. The van der Waals surface area contributed by atoms with E-state index in [0.717, 1.165) is 5.82 Å². The van der Waals surface area contributed by atoms with Crippen LogP contribution in [0.25, 0.3) is 0 Å². The molecular weight excluding hydrogens is 237 g/mol. The number of fused-ring (bicyclic) bond motifs is 1. The van der Waals surface area contributed by atoms with Crippen LogP contribution < -0.4 is 0 Å². The summed E-state index contributed by atoms with van der Waals surface area (Å²) in [7, 11) is 0. The third-order valence-electron chi connectivity index (χ3n) is 2.47. The molecule has 1 aliphatic rings. The lowest BCUT2D eigenvalue weighted by Gasteiger charge is -2.28. The predicted molar refractivity (Wildman–Crippen MR) is 58.0 cm³/mol. The van der Waals surface area contributed by atoms with E-state index in [0.29, 0.717) is 24.8 Å². The summed E-state index contributed by atoms with van der Waals surface area (Å²) in [5.41, 5.74) is 0. The van der Waals surface area contributed by atoms with Crippen LogP contribution in [0, 0.1) is 0 Å². The molecule has 1 amide bonds. The Morgan fingerprint density at radius 2 is 2.33 bits per heavy atom. The second-order valence-corrected chi connectivity index (χ2v) is 4.57. The zero-order valence-electron chi connectivity index (χ0n) is 8.28. The summed E-state index contributed by atoms with van der Waals surface area (Å²) in [6, 6.07) is 0. The molecule has 15 heavy (non-hydrogen) atoms. The normalized spacial score (nSPS) is 17.4. The highest BCUT2D eigenvalue weighted by Gasteiger charge is 2.25. The molecule has 0 N–H and O–H groups in total. The third-order valence-corrected chi connectivity index (χ3v) is 2.96. The van der Waals surface area contributed by atoms with E-state index in [2.05, 4.69) is 4.98 Å². The smallest absolute Gasteiger partial charge is 0.240 e. The second kappa shape index (κ2) is 4.02. The van der Waals surface area contributed by atoms with Gasteiger partial charge in [0.1, 0.15) is 16.4 Å². The molecule has 1 aliphatic heterocycles. The van der Waals surface area contributed by atoms with Crippen molar-refractivity contribution in [3.05, 3.63) is 17.2 Å². The second-order valence-electron chi connectivity index (χ2n) is 3.52. The molecule has 0 bridgehead atoms. The summed E-state index contributed by atoms with van der Waals surface area (Å²) < 4.78 is 1.91. The number of carbonyl (C=O) groups is 1. The lowest BCUT2D eigenvalue weighted by atomic mass is 10.3. The molecule has 0 fully saturated rings. The highest BCUT2D eigenvalue weighted by Crippen LogP contribution is 2.18. The van der Waals surface area contributed by atoms with Crippen molar-refractivity contribution in [2.24, 2.45) is 0 Å². The van der Waals surface area contributed by atoms with Gasteiger partial charge in [0.25, 0.3) is 0 Å². The fourth-order valence-corrected chi connectivity index (χ4v) is 2.03. The summed E-state index contributed by atoms with van der Waals surface area (Å²) in [5.74, 6) is 0.763. The quantitative estimate of drug-likeness (QED) is 0.706. The Balaban J connectivity index is 2.16. The van der Waals surface area contributed by atoms with Crippen molar-refractivity contribution < 1.29 is 4.79 Å². The van der Waals surface area contributed by atoms with Crippen molar-refractivity contribution >= 4 is 29.1 Å². The van der Waals surface area contributed by atoms with Gasteiger partial charge in [-0.05, 0) is 6.92 Å². The minimum atomic E-state index is -0.484. The molecule has 0 radical (unpaired) electrons. The van der Waals surface area contributed by atoms with E-state index in [1.807, 2.05) is 4.57 Å². The number of hydrogen-bond acceptors (Lipinski definition) is 2. The molecule has 1 aromatic rings. The van der Waals surface area contributed by atoms with Gasteiger partial charge in [-0.1, -0.05) is 11.6 Å². The number of hydrogen-bond donors (Lipinski definition) is 0. The minimum Gasteiger partial charge on any atom is -0.332 e. The topological polar surface area (TPSA) is 38.1 Å². The Bertz CT molecular complexity index is 389. The summed E-state index contributed by atoms with van der Waals surface area (Å²) in [5, 5.41) is 0.137. The van der Waals surface area contributed by atoms with Crippen molar-refractivity contribution in [1.82, 2.24) is 14.5 Å². The average Bonchev–Trinajstić information content (AvgIpc) is 2.59. The fraction of sp³-hybridized carbons (Fsp3) is 0.556. The van der Waals surface area contributed by atoms with Gasteiger partial charge in [-0.2, -0.15) is 0 Å². The highest BCUT2D eigenvalue weighted by atomic mass is 35.5. The van der Waals surface area contributed by atoms with E-state index in [-0.39, 0.29) is 5.91 Å². The van der Waals surface area contributed by atoms with E-state index in [1.165, 1.54) is 0 Å². The number of aromatic nitrogens is 2. The summed E-state index contributed by atoms with van der Waals surface area (Å²) in [6.45, 7) is 3.49. The van der Waals surface area contributed by atoms with Crippen LogP contribution in [0.5, 0.6) is 0 Å². The van der Waals surface area contributed by atoms with Crippen LogP contribution in [0.15, 0.2) is 6.20 Å². The zero-order chi connectivity index (χ0) is 11.0. The molecule has 4 nitrogen and oxygen atoms in total. The highest BCUT2D eigenvalue weighted by molar-refractivity contribution is 6.30. The molecule has 6 heteroatoms. The number of imidazole rings is 1. The van der Waals surface area contributed by atoms with Crippen molar-refractivity contribution in [1.29, 1.82) is 0 Å². The van der Waals surface area contributed by atoms with Gasteiger partial charge in [0.2, 0.25) is 5.91 Å². The molecule has 1 atom stereocenters.